The van der Waals surface area contributed by atoms with Crippen LogP contribution in [0.5, 0.6) is 0 Å². The van der Waals surface area contributed by atoms with Gasteiger partial charge >= 0.3 is 0 Å². The Hall–Kier alpha value is -6.02. The van der Waals surface area contributed by atoms with Gasteiger partial charge in [-0.25, -0.2) is 5.01 Å². The number of amides is 4. The monoisotopic (exact) mass is 550 g/mol. The molecule has 42 heavy (non-hydrogen) atoms. The van der Waals surface area contributed by atoms with Crippen LogP contribution in [0.25, 0.3) is 11.1 Å². The minimum atomic E-state index is -0.414. The zero-order valence-corrected chi connectivity index (χ0v) is 22.1. The van der Waals surface area contributed by atoms with Crippen molar-refractivity contribution in [2.24, 2.45) is 0 Å². The lowest BCUT2D eigenvalue weighted by Gasteiger charge is -2.32. The molecule has 5 aromatic carbocycles. The van der Waals surface area contributed by atoms with Crippen LogP contribution in [-0.2, 0) is 0 Å². The average Bonchev–Trinajstić information content (AvgIpc) is 3.43. The van der Waals surface area contributed by atoms with Crippen LogP contribution >= 0.6 is 0 Å². The van der Waals surface area contributed by atoms with E-state index < -0.39 is 23.6 Å². The standard InChI is InChI=1S/C34H22N4O4/c39-31-27-16-4-5-17-28(27)32(40)36(31)35-24-12-8-10-22(20-24)23-11-9-15-26(21-23)37(25-13-2-1-3-14-25)38-33(41)29-18-6-7-19-30(29)34(38)42/h1-21,35H. The molecule has 0 saturated carbocycles. The van der Waals surface area contributed by atoms with Gasteiger partial charge < -0.3 is 0 Å². The van der Waals surface area contributed by atoms with Gasteiger partial charge in [-0.05, 0) is 71.8 Å². The Balaban J connectivity index is 1.24. The Morgan fingerprint density at radius 1 is 0.452 bits per heavy atom. The SMILES string of the molecule is O=C1c2ccccc2C(=O)N1Nc1cccc(-c2cccc(N(c3ccccc3)N3C(=O)c4ccccc4C3=O)c2)c1. The highest BCUT2D eigenvalue weighted by Gasteiger charge is 2.40. The second kappa shape index (κ2) is 9.87. The van der Waals surface area contributed by atoms with E-state index in [0.717, 1.165) is 16.1 Å². The maximum atomic E-state index is 13.5. The fraction of sp³-hybridized carbons (Fsp3) is 0. The molecular formula is C34H22N4O4. The van der Waals surface area contributed by atoms with E-state index in [-0.39, 0.29) is 0 Å². The Labute approximate surface area is 241 Å². The van der Waals surface area contributed by atoms with Crippen molar-refractivity contribution < 1.29 is 19.2 Å². The molecule has 2 aliphatic rings. The largest absolute Gasteiger partial charge is 0.288 e. The van der Waals surface area contributed by atoms with Gasteiger partial charge in [-0.2, -0.15) is 10.0 Å². The van der Waals surface area contributed by atoms with Gasteiger partial charge in [-0.15, -0.1) is 0 Å². The highest BCUT2D eigenvalue weighted by molar-refractivity contribution is 6.23. The lowest BCUT2D eigenvalue weighted by molar-refractivity contribution is 0.0648. The third-order valence-electron chi connectivity index (χ3n) is 7.29. The zero-order valence-electron chi connectivity index (χ0n) is 22.1. The molecular weight excluding hydrogens is 528 g/mol. The first-order chi connectivity index (χ1) is 20.5. The predicted octanol–water partition coefficient (Wildman–Crippen LogP) is 6.33. The van der Waals surface area contributed by atoms with Gasteiger partial charge in [0.25, 0.3) is 23.6 Å². The number of nitrogens with zero attached hydrogens (tertiary/aromatic N) is 3. The second-order valence-electron chi connectivity index (χ2n) is 9.85. The van der Waals surface area contributed by atoms with Crippen LogP contribution in [0.4, 0.5) is 17.1 Å². The molecule has 0 atom stereocenters. The predicted molar refractivity (Wildman–Crippen MR) is 158 cm³/mol. The summed E-state index contributed by atoms with van der Waals surface area (Å²) in [5, 5.41) is 3.80. The summed E-state index contributed by atoms with van der Waals surface area (Å²) < 4.78 is 0. The zero-order chi connectivity index (χ0) is 28.8. The molecule has 8 nitrogen and oxygen atoms in total. The van der Waals surface area contributed by atoms with Crippen LogP contribution in [0.15, 0.2) is 127 Å². The molecule has 0 bridgehead atoms. The first-order valence-corrected chi connectivity index (χ1v) is 13.3. The van der Waals surface area contributed by atoms with Gasteiger partial charge in [-0.1, -0.05) is 66.7 Å². The molecule has 0 radical (unpaired) electrons. The van der Waals surface area contributed by atoms with E-state index in [2.05, 4.69) is 5.43 Å². The molecule has 0 fully saturated rings. The summed E-state index contributed by atoms with van der Waals surface area (Å²) in [5.41, 5.74) is 7.77. The van der Waals surface area contributed by atoms with Crippen LogP contribution in [0, 0.1) is 0 Å². The Bertz CT molecular complexity index is 1850. The summed E-state index contributed by atoms with van der Waals surface area (Å²) in [6, 6.07) is 37.5. The number of rotatable bonds is 6. The topological polar surface area (TPSA) is 90.0 Å². The summed E-state index contributed by atoms with van der Waals surface area (Å²) in [7, 11) is 0. The van der Waals surface area contributed by atoms with Gasteiger partial charge in [0.1, 0.15) is 0 Å². The van der Waals surface area contributed by atoms with Crippen molar-refractivity contribution >= 4 is 40.7 Å². The highest BCUT2D eigenvalue weighted by Crippen LogP contribution is 2.36. The summed E-state index contributed by atoms with van der Waals surface area (Å²) in [6.45, 7) is 0. The molecule has 0 aromatic heterocycles. The van der Waals surface area contributed by atoms with Crippen molar-refractivity contribution in [3.05, 3.63) is 150 Å². The van der Waals surface area contributed by atoms with Crippen molar-refractivity contribution in [2.75, 3.05) is 10.4 Å². The fourth-order valence-electron chi connectivity index (χ4n) is 5.31. The van der Waals surface area contributed by atoms with Crippen molar-refractivity contribution in [3.63, 3.8) is 0 Å². The number of fused-ring (bicyclic) bond motifs is 2. The van der Waals surface area contributed by atoms with E-state index in [0.29, 0.717) is 39.3 Å². The molecule has 0 spiro atoms. The maximum absolute atomic E-state index is 13.5. The quantitative estimate of drug-likeness (QED) is 0.249. The number of para-hydroxylation sites is 1. The van der Waals surface area contributed by atoms with Crippen molar-refractivity contribution in [1.29, 1.82) is 0 Å². The molecule has 0 unspecified atom stereocenters. The number of hydrogen-bond acceptors (Lipinski definition) is 6. The molecule has 8 heteroatoms. The molecule has 1 N–H and O–H groups in total. The van der Waals surface area contributed by atoms with E-state index >= 15 is 0 Å². The molecule has 4 amide bonds. The summed E-state index contributed by atoms with van der Waals surface area (Å²) in [4.78, 5) is 52.7. The number of hydrazine groups is 2. The molecule has 202 valence electrons. The lowest BCUT2D eigenvalue weighted by atomic mass is 10.0. The number of benzene rings is 5. The average molecular weight is 551 g/mol. The number of carbonyl (C=O) groups excluding carboxylic acids is 4. The van der Waals surface area contributed by atoms with Crippen LogP contribution in [0.1, 0.15) is 41.4 Å². The number of anilines is 3. The summed E-state index contributed by atoms with van der Waals surface area (Å²) in [5.74, 6) is -1.64. The Morgan fingerprint density at radius 3 is 1.52 bits per heavy atom. The van der Waals surface area contributed by atoms with Crippen LogP contribution in [0.2, 0.25) is 0 Å². The van der Waals surface area contributed by atoms with Crippen molar-refractivity contribution in [2.45, 2.75) is 0 Å². The first-order valence-electron chi connectivity index (χ1n) is 13.3. The van der Waals surface area contributed by atoms with E-state index in [9.17, 15) is 19.2 Å². The molecule has 5 aromatic rings. The van der Waals surface area contributed by atoms with Crippen molar-refractivity contribution in [3.8, 4) is 11.1 Å². The van der Waals surface area contributed by atoms with E-state index in [1.807, 2.05) is 72.8 Å². The molecule has 7 rings (SSSR count). The molecule has 2 aliphatic heterocycles. The lowest BCUT2D eigenvalue weighted by Crippen LogP contribution is -2.43. The smallest absolute Gasteiger partial charge is 0.281 e. The Kier molecular flexibility index (Phi) is 5.87. The number of hydrogen-bond donors (Lipinski definition) is 1. The molecule has 0 saturated heterocycles. The van der Waals surface area contributed by atoms with Gasteiger partial charge in [0.2, 0.25) is 0 Å². The number of nitrogens with one attached hydrogen (secondary N) is 1. The fourth-order valence-corrected chi connectivity index (χ4v) is 5.31. The van der Waals surface area contributed by atoms with Gasteiger partial charge in [-0.3, -0.25) is 24.6 Å². The summed E-state index contributed by atoms with van der Waals surface area (Å²) in [6.07, 6.45) is 0. The third kappa shape index (κ3) is 4.01. The van der Waals surface area contributed by atoms with E-state index in [1.54, 1.807) is 59.6 Å². The van der Waals surface area contributed by atoms with Crippen LogP contribution in [0.3, 0.4) is 0 Å². The number of carbonyl (C=O) groups is 4. The van der Waals surface area contributed by atoms with Gasteiger partial charge in [0, 0.05) is 0 Å². The maximum Gasteiger partial charge on any atom is 0.281 e. The highest BCUT2D eigenvalue weighted by atomic mass is 16.2. The van der Waals surface area contributed by atoms with Crippen LogP contribution < -0.4 is 10.4 Å². The van der Waals surface area contributed by atoms with E-state index in [1.165, 1.54) is 5.01 Å². The first kappa shape index (κ1) is 25.0. The Morgan fingerprint density at radius 2 is 0.929 bits per heavy atom. The second-order valence-corrected chi connectivity index (χ2v) is 9.85. The van der Waals surface area contributed by atoms with Gasteiger partial charge in [0.15, 0.2) is 0 Å². The van der Waals surface area contributed by atoms with Crippen molar-refractivity contribution in [1.82, 2.24) is 10.0 Å². The summed E-state index contributed by atoms with van der Waals surface area (Å²) >= 11 is 0. The molecule has 2 heterocycles. The molecule has 0 aliphatic carbocycles. The van der Waals surface area contributed by atoms with Gasteiger partial charge in [0.05, 0.1) is 39.3 Å². The normalized spacial score (nSPS) is 13.8. The minimum absolute atomic E-state index is 0.353. The number of imide groups is 2. The minimum Gasteiger partial charge on any atom is -0.288 e. The van der Waals surface area contributed by atoms with Crippen LogP contribution in [-0.4, -0.2) is 33.6 Å². The van der Waals surface area contributed by atoms with E-state index in [4.69, 9.17) is 0 Å². The third-order valence-corrected chi connectivity index (χ3v) is 7.29.